The molecule has 1 fully saturated rings. The molecule has 0 radical (unpaired) electrons. The van der Waals surface area contributed by atoms with Gasteiger partial charge in [0.25, 0.3) is 0 Å². The molecule has 2 rings (SSSR count). The molecule has 1 amide bonds. The molecule has 1 heterocycles. The summed E-state index contributed by atoms with van der Waals surface area (Å²) in [7, 11) is -2.15. The van der Waals surface area contributed by atoms with Crippen LogP contribution in [0.4, 0.5) is 5.69 Å². The third kappa shape index (κ3) is 3.61. The highest BCUT2D eigenvalue weighted by atomic mass is 32.2. The lowest BCUT2D eigenvalue weighted by atomic mass is 9.82. The number of carbonyl (C=O) groups is 1. The van der Waals surface area contributed by atoms with E-state index in [1.54, 1.807) is 12.1 Å². The first-order valence-corrected chi connectivity index (χ1v) is 8.41. The summed E-state index contributed by atoms with van der Waals surface area (Å²) in [5, 5.41) is 6.04. The van der Waals surface area contributed by atoms with Gasteiger partial charge in [0.2, 0.25) is 15.9 Å². The molecule has 0 bridgehead atoms. The van der Waals surface area contributed by atoms with Crippen LogP contribution in [0.25, 0.3) is 0 Å². The minimum atomic E-state index is -3.51. The Kier molecular flexibility index (Phi) is 4.65. The number of benzene rings is 1. The fourth-order valence-corrected chi connectivity index (χ4v) is 3.17. The first-order valence-electron chi connectivity index (χ1n) is 6.93. The number of carbonyl (C=O) groups excluding carboxylic acids is 1. The number of rotatable bonds is 4. The summed E-state index contributed by atoms with van der Waals surface area (Å²) in [5.41, 5.74) is 0.0268. The summed E-state index contributed by atoms with van der Waals surface area (Å²) in [5.74, 6) is -0.0892. The van der Waals surface area contributed by atoms with Gasteiger partial charge in [-0.25, -0.2) is 13.1 Å². The van der Waals surface area contributed by atoms with Gasteiger partial charge < -0.3 is 10.6 Å². The average Bonchev–Trinajstić information content (AvgIpc) is 2.48. The van der Waals surface area contributed by atoms with Crippen molar-refractivity contribution < 1.29 is 13.2 Å². The lowest BCUT2D eigenvalue weighted by Crippen LogP contribution is -2.46. The lowest BCUT2D eigenvalue weighted by molar-refractivity contribution is -0.125. The highest BCUT2D eigenvalue weighted by molar-refractivity contribution is 7.89. The Morgan fingerprint density at radius 1 is 1.38 bits per heavy atom. The van der Waals surface area contributed by atoms with Gasteiger partial charge in [0.05, 0.1) is 10.3 Å². The van der Waals surface area contributed by atoms with Gasteiger partial charge in [0.15, 0.2) is 0 Å². The van der Waals surface area contributed by atoms with Crippen LogP contribution >= 0.6 is 0 Å². The van der Waals surface area contributed by atoms with Crippen LogP contribution in [-0.2, 0) is 14.8 Å². The second-order valence-corrected chi connectivity index (χ2v) is 7.42. The Bertz CT molecular complexity index is 622. The van der Waals surface area contributed by atoms with E-state index in [-0.39, 0.29) is 10.8 Å². The van der Waals surface area contributed by atoms with Crippen LogP contribution in [0.2, 0.25) is 0 Å². The Labute approximate surface area is 125 Å². The maximum atomic E-state index is 12.4. The minimum Gasteiger partial charge on any atom is -0.326 e. The molecule has 1 aliphatic rings. The van der Waals surface area contributed by atoms with E-state index in [9.17, 15) is 13.2 Å². The van der Waals surface area contributed by atoms with Gasteiger partial charge in [0.1, 0.15) is 0 Å². The summed E-state index contributed by atoms with van der Waals surface area (Å²) in [4.78, 5) is 12.5. The minimum absolute atomic E-state index is 0.0892. The van der Waals surface area contributed by atoms with E-state index in [4.69, 9.17) is 0 Å². The molecule has 116 valence electrons. The van der Waals surface area contributed by atoms with Crippen LogP contribution in [-0.4, -0.2) is 34.5 Å². The molecule has 0 saturated carbocycles. The molecule has 21 heavy (non-hydrogen) atoms. The van der Waals surface area contributed by atoms with Gasteiger partial charge in [-0.1, -0.05) is 6.07 Å². The van der Waals surface area contributed by atoms with Crippen LogP contribution in [0.15, 0.2) is 29.2 Å². The number of piperidine rings is 1. The van der Waals surface area contributed by atoms with Crippen molar-refractivity contribution in [3.8, 4) is 0 Å². The van der Waals surface area contributed by atoms with Crippen molar-refractivity contribution in [2.24, 2.45) is 5.41 Å². The SMILES string of the molecule is CNS(=O)(=O)c1cccc(NC(=O)C2(C)CCCNC2)c1. The topological polar surface area (TPSA) is 87.3 Å². The van der Waals surface area contributed by atoms with E-state index in [2.05, 4.69) is 15.4 Å². The average molecular weight is 311 g/mol. The smallest absolute Gasteiger partial charge is 0.240 e. The van der Waals surface area contributed by atoms with Crippen molar-refractivity contribution in [2.45, 2.75) is 24.7 Å². The number of hydrogen-bond acceptors (Lipinski definition) is 4. The van der Waals surface area contributed by atoms with Crippen LogP contribution in [0.5, 0.6) is 0 Å². The molecule has 1 saturated heterocycles. The van der Waals surface area contributed by atoms with Crippen LogP contribution in [0.3, 0.4) is 0 Å². The molecule has 7 heteroatoms. The standard InChI is InChI=1S/C14H21N3O3S/c1-14(7-4-8-16-10-14)13(18)17-11-5-3-6-12(9-11)21(19,20)15-2/h3,5-6,9,15-16H,4,7-8,10H2,1-2H3,(H,17,18). The molecule has 0 spiro atoms. The lowest BCUT2D eigenvalue weighted by Gasteiger charge is -2.32. The number of nitrogens with one attached hydrogen (secondary N) is 3. The Hall–Kier alpha value is -1.44. The van der Waals surface area contributed by atoms with E-state index < -0.39 is 15.4 Å². The van der Waals surface area contributed by atoms with Gasteiger partial charge in [0, 0.05) is 12.2 Å². The molecule has 1 aliphatic heterocycles. The molecular formula is C14H21N3O3S. The van der Waals surface area contributed by atoms with Crippen LogP contribution < -0.4 is 15.4 Å². The molecule has 0 aromatic heterocycles. The number of anilines is 1. The van der Waals surface area contributed by atoms with E-state index in [1.165, 1.54) is 19.2 Å². The van der Waals surface area contributed by atoms with Crippen molar-refractivity contribution in [2.75, 3.05) is 25.5 Å². The second-order valence-electron chi connectivity index (χ2n) is 5.53. The zero-order valence-electron chi connectivity index (χ0n) is 12.3. The Morgan fingerprint density at radius 3 is 2.76 bits per heavy atom. The molecule has 1 aromatic carbocycles. The molecule has 1 unspecified atom stereocenters. The molecule has 3 N–H and O–H groups in total. The summed E-state index contributed by atoms with van der Waals surface area (Å²) >= 11 is 0. The van der Waals surface area contributed by atoms with Gasteiger partial charge in [-0.3, -0.25) is 4.79 Å². The zero-order valence-corrected chi connectivity index (χ0v) is 13.1. The normalized spacial score (nSPS) is 22.8. The molecular weight excluding hydrogens is 290 g/mol. The zero-order chi connectivity index (χ0) is 15.5. The third-order valence-electron chi connectivity index (χ3n) is 3.82. The van der Waals surface area contributed by atoms with E-state index in [1.807, 2.05) is 6.92 Å². The Morgan fingerprint density at radius 2 is 2.14 bits per heavy atom. The highest BCUT2D eigenvalue weighted by Gasteiger charge is 2.34. The van der Waals surface area contributed by atoms with Gasteiger partial charge >= 0.3 is 0 Å². The highest BCUT2D eigenvalue weighted by Crippen LogP contribution is 2.27. The van der Waals surface area contributed by atoms with Gasteiger partial charge in [-0.15, -0.1) is 0 Å². The fraction of sp³-hybridized carbons (Fsp3) is 0.500. The van der Waals surface area contributed by atoms with E-state index in [0.717, 1.165) is 19.4 Å². The molecule has 0 aliphatic carbocycles. The number of hydrogen-bond donors (Lipinski definition) is 3. The monoisotopic (exact) mass is 311 g/mol. The van der Waals surface area contributed by atoms with Crippen molar-refractivity contribution in [1.29, 1.82) is 0 Å². The third-order valence-corrected chi connectivity index (χ3v) is 5.23. The number of sulfonamides is 1. The maximum Gasteiger partial charge on any atom is 0.240 e. The van der Waals surface area contributed by atoms with Crippen molar-refractivity contribution in [1.82, 2.24) is 10.0 Å². The summed E-state index contributed by atoms with van der Waals surface area (Å²) in [6.07, 6.45) is 1.78. The maximum absolute atomic E-state index is 12.4. The second kappa shape index (κ2) is 6.13. The van der Waals surface area contributed by atoms with Crippen molar-refractivity contribution in [3.05, 3.63) is 24.3 Å². The van der Waals surface area contributed by atoms with Crippen molar-refractivity contribution >= 4 is 21.6 Å². The van der Waals surface area contributed by atoms with E-state index >= 15 is 0 Å². The summed E-state index contributed by atoms with van der Waals surface area (Å²) in [6.45, 7) is 3.48. The quantitative estimate of drug-likeness (QED) is 0.772. The van der Waals surface area contributed by atoms with E-state index in [0.29, 0.717) is 12.2 Å². The fourth-order valence-electron chi connectivity index (χ4n) is 2.39. The van der Waals surface area contributed by atoms with Gasteiger partial charge in [-0.2, -0.15) is 0 Å². The Balaban J connectivity index is 2.16. The predicted molar refractivity (Wildman–Crippen MR) is 81.5 cm³/mol. The first kappa shape index (κ1) is 15.9. The van der Waals surface area contributed by atoms with Crippen LogP contribution in [0.1, 0.15) is 19.8 Å². The number of amides is 1. The molecule has 1 aromatic rings. The van der Waals surface area contributed by atoms with Crippen LogP contribution in [0, 0.1) is 5.41 Å². The first-order chi connectivity index (χ1) is 9.87. The summed E-state index contributed by atoms with van der Waals surface area (Å²) < 4.78 is 25.8. The van der Waals surface area contributed by atoms with Crippen molar-refractivity contribution in [3.63, 3.8) is 0 Å². The largest absolute Gasteiger partial charge is 0.326 e. The molecule has 6 nitrogen and oxygen atoms in total. The molecule has 1 atom stereocenters. The van der Waals surface area contributed by atoms with Gasteiger partial charge in [-0.05, 0) is 51.6 Å². The predicted octanol–water partition coefficient (Wildman–Crippen LogP) is 0.923. The summed E-state index contributed by atoms with van der Waals surface area (Å²) in [6, 6.07) is 6.25.